The van der Waals surface area contributed by atoms with Crippen LogP contribution in [0.1, 0.15) is 51.8 Å². The van der Waals surface area contributed by atoms with E-state index in [1.54, 1.807) is 0 Å². The largest absolute Gasteiger partial charge is 0.308 e. The van der Waals surface area contributed by atoms with Crippen LogP contribution in [0.5, 0.6) is 0 Å². The van der Waals surface area contributed by atoms with Crippen molar-refractivity contribution in [1.29, 1.82) is 0 Å². The van der Waals surface area contributed by atoms with Gasteiger partial charge in [0.1, 0.15) is 0 Å². The number of aromatic nitrogens is 1. The number of rotatable bonds is 7. The molecule has 1 aromatic rings. The van der Waals surface area contributed by atoms with Crippen molar-refractivity contribution in [1.82, 2.24) is 15.2 Å². The number of likely N-dealkylation sites (tertiary alicyclic amines) is 1. The normalized spacial score (nSPS) is 25.8. The molecule has 1 fully saturated rings. The highest BCUT2D eigenvalue weighted by atomic mass is 35.5. The summed E-state index contributed by atoms with van der Waals surface area (Å²) >= 11 is 6.23. The van der Waals surface area contributed by atoms with Crippen LogP contribution in [-0.4, -0.2) is 40.9 Å². The van der Waals surface area contributed by atoms with Gasteiger partial charge in [-0.3, -0.25) is 4.98 Å². The molecule has 0 aromatic carbocycles. The second kappa shape index (κ2) is 9.76. The van der Waals surface area contributed by atoms with Crippen molar-refractivity contribution in [2.75, 3.05) is 19.6 Å². The van der Waals surface area contributed by atoms with Crippen LogP contribution in [0.2, 0.25) is 0 Å². The lowest BCUT2D eigenvalue weighted by molar-refractivity contribution is 0.0630. The number of nitrogens with one attached hydrogen (secondary N) is 1. The summed E-state index contributed by atoms with van der Waals surface area (Å²) in [5.41, 5.74) is 4.10. The van der Waals surface area contributed by atoms with Crippen molar-refractivity contribution in [2.45, 2.75) is 65.4 Å². The molecule has 1 N–H and O–H groups in total. The first-order valence-electron chi connectivity index (χ1n) is 11.1. The predicted octanol–water partition coefficient (Wildman–Crippen LogP) is 5.35. The fourth-order valence-electron chi connectivity index (χ4n) is 4.75. The van der Waals surface area contributed by atoms with Gasteiger partial charge in [0.25, 0.3) is 0 Å². The Kier molecular flexibility index (Phi) is 7.58. The summed E-state index contributed by atoms with van der Waals surface area (Å²) in [6.45, 7) is 15.8. The third-order valence-electron chi connectivity index (χ3n) is 6.59. The molecule has 2 aliphatic rings. The highest BCUT2D eigenvalue weighted by Gasteiger charge is 2.38. The molecule has 1 unspecified atom stereocenters. The van der Waals surface area contributed by atoms with Crippen molar-refractivity contribution in [3.8, 4) is 0 Å². The summed E-state index contributed by atoms with van der Waals surface area (Å²) in [7, 11) is 0. The first-order chi connectivity index (χ1) is 13.7. The number of alkyl halides is 1. The van der Waals surface area contributed by atoms with E-state index in [1.807, 2.05) is 13.1 Å². The average molecular weight is 416 g/mol. The molecular formula is C25H38ClN3. The third-order valence-corrected chi connectivity index (χ3v) is 6.91. The van der Waals surface area contributed by atoms with Crippen LogP contribution in [0, 0.1) is 24.2 Å². The van der Waals surface area contributed by atoms with Crippen LogP contribution < -0.4 is 5.32 Å². The molecule has 3 atom stereocenters. The lowest BCUT2D eigenvalue weighted by Gasteiger charge is -2.46. The van der Waals surface area contributed by atoms with Gasteiger partial charge in [-0.2, -0.15) is 0 Å². The monoisotopic (exact) mass is 415 g/mol. The summed E-state index contributed by atoms with van der Waals surface area (Å²) in [5, 5.41) is 3.96. The number of pyridine rings is 1. The first-order valence-corrected chi connectivity index (χ1v) is 11.6. The Bertz CT molecular complexity index is 720. The maximum atomic E-state index is 6.23. The molecule has 4 heteroatoms. The number of hydrogen-bond donors (Lipinski definition) is 1. The van der Waals surface area contributed by atoms with E-state index in [1.165, 1.54) is 24.1 Å². The van der Waals surface area contributed by atoms with Crippen molar-refractivity contribution >= 4 is 11.6 Å². The molecule has 1 saturated heterocycles. The highest BCUT2D eigenvalue weighted by Crippen LogP contribution is 2.41. The second-order valence-corrected chi connectivity index (χ2v) is 10.5. The van der Waals surface area contributed by atoms with Crippen molar-refractivity contribution in [3.63, 3.8) is 0 Å². The number of piperidine rings is 1. The molecule has 0 spiro atoms. The zero-order chi connectivity index (χ0) is 21.0. The van der Waals surface area contributed by atoms with Gasteiger partial charge in [0.2, 0.25) is 0 Å². The summed E-state index contributed by atoms with van der Waals surface area (Å²) < 4.78 is 0. The van der Waals surface area contributed by atoms with Crippen LogP contribution in [0.3, 0.4) is 0 Å². The van der Waals surface area contributed by atoms with E-state index in [0.29, 0.717) is 17.9 Å². The van der Waals surface area contributed by atoms with E-state index in [-0.39, 0.29) is 10.8 Å². The second-order valence-electron chi connectivity index (χ2n) is 9.92. The Hall–Kier alpha value is -1.16. The Morgan fingerprint density at radius 2 is 2.10 bits per heavy atom. The number of halogens is 1. The molecule has 3 rings (SSSR count). The molecule has 0 saturated carbocycles. The Morgan fingerprint density at radius 3 is 2.69 bits per heavy atom. The summed E-state index contributed by atoms with van der Waals surface area (Å²) in [4.78, 5) is 7.09. The molecule has 29 heavy (non-hydrogen) atoms. The molecule has 0 amide bonds. The highest BCUT2D eigenvalue weighted by molar-refractivity contribution is 6.22. The smallest absolute Gasteiger partial charge is 0.0553 e. The molecule has 2 heterocycles. The van der Waals surface area contributed by atoms with Gasteiger partial charge in [0.05, 0.1) is 5.38 Å². The van der Waals surface area contributed by atoms with Gasteiger partial charge in [0.15, 0.2) is 0 Å². The van der Waals surface area contributed by atoms with Gasteiger partial charge in [-0.1, -0.05) is 52.0 Å². The lowest BCUT2D eigenvalue weighted by Crippen LogP contribution is -2.51. The minimum Gasteiger partial charge on any atom is -0.308 e. The Balaban J connectivity index is 1.57. The van der Waals surface area contributed by atoms with Crippen LogP contribution >= 0.6 is 11.6 Å². The molecule has 3 nitrogen and oxygen atoms in total. The molecule has 160 valence electrons. The fourth-order valence-corrected chi connectivity index (χ4v) is 4.91. The van der Waals surface area contributed by atoms with Crippen LogP contribution in [0.4, 0.5) is 0 Å². The van der Waals surface area contributed by atoms with E-state index < -0.39 is 0 Å². The number of hydrogen-bond acceptors (Lipinski definition) is 3. The minimum atomic E-state index is 0.170. The van der Waals surface area contributed by atoms with Gasteiger partial charge >= 0.3 is 0 Å². The maximum Gasteiger partial charge on any atom is 0.0553 e. The van der Waals surface area contributed by atoms with E-state index in [0.717, 1.165) is 31.7 Å². The standard InChI is InChI=1S/C25H38ClN3/c1-18(2)24(28-15-20-7-6-19(3)27-14-20)16-29-13-12-23(25(4,5)17-29)21-8-10-22(26)11-9-21/h6-10,14,18,22-24,28H,11-13,15-17H2,1-5H3/t22?,23-,24+/m1/s1. The number of nitrogens with zero attached hydrogens (tertiary/aromatic N) is 2. The topological polar surface area (TPSA) is 28.2 Å². The zero-order valence-electron chi connectivity index (χ0n) is 18.8. The number of aryl methyl sites for hydroxylation is 1. The minimum absolute atomic E-state index is 0.170. The van der Waals surface area contributed by atoms with Crippen molar-refractivity contribution in [2.24, 2.45) is 17.3 Å². The fraction of sp³-hybridized carbons (Fsp3) is 0.640. The van der Waals surface area contributed by atoms with Crippen LogP contribution in [0.25, 0.3) is 0 Å². The van der Waals surface area contributed by atoms with Crippen LogP contribution in [-0.2, 0) is 6.54 Å². The summed E-state index contributed by atoms with van der Waals surface area (Å²) in [6, 6.07) is 4.75. The van der Waals surface area contributed by atoms with E-state index in [9.17, 15) is 0 Å². The van der Waals surface area contributed by atoms with Crippen LogP contribution in [0.15, 0.2) is 42.1 Å². The van der Waals surface area contributed by atoms with E-state index >= 15 is 0 Å². The quantitative estimate of drug-likeness (QED) is 0.608. The SMILES string of the molecule is Cc1ccc(CN[C@@H](CN2CC[C@H](C3=CCC(Cl)C=C3)C(C)(C)C2)C(C)C)cn1. The molecule has 1 aliphatic carbocycles. The number of allylic oxidation sites excluding steroid dienone is 4. The molecule has 0 bridgehead atoms. The first kappa shape index (κ1) is 22.5. The molecule has 1 aliphatic heterocycles. The summed E-state index contributed by atoms with van der Waals surface area (Å²) in [6.07, 6.45) is 11.0. The molecule has 1 aromatic heterocycles. The van der Waals surface area contributed by atoms with Gasteiger partial charge in [-0.15, -0.1) is 11.6 Å². The van der Waals surface area contributed by atoms with Gasteiger partial charge < -0.3 is 10.2 Å². The van der Waals surface area contributed by atoms with Gasteiger partial charge in [-0.25, -0.2) is 0 Å². The maximum absolute atomic E-state index is 6.23. The van der Waals surface area contributed by atoms with E-state index in [2.05, 4.69) is 73.3 Å². The van der Waals surface area contributed by atoms with E-state index in [4.69, 9.17) is 11.6 Å². The molecule has 0 radical (unpaired) electrons. The summed E-state index contributed by atoms with van der Waals surface area (Å²) in [5.74, 6) is 1.22. The zero-order valence-corrected chi connectivity index (χ0v) is 19.5. The van der Waals surface area contributed by atoms with Crippen molar-refractivity contribution in [3.05, 3.63) is 53.4 Å². The van der Waals surface area contributed by atoms with Gasteiger partial charge in [-0.05, 0) is 60.8 Å². The Labute approximate surface area is 182 Å². The van der Waals surface area contributed by atoms with Gasteiger partial charge in [0, 0.05) is 37.6 Å². The predicted molar refractivity (Wildman–Crippen MR) is 124 cm³/mol. The lowest BCUT2D eigenvalue weighted by atomic mass is 9.69. The molecular weight excluding hydrogens is 378 g/mol. The van der Waals surface area contributed by atoms with Crippen molar-refractivity contribution < 1.29 is 0 Å². The third kappa shape index (κ3) is 6.16. The average Bonchev–Trinajstić information content (AvgIpc) is 2.66. The Morgan fingerprint density at radius 1 is 1.31 bits per heavy atom.